The van der Waals surface area contributed by atoms with Gasteiger partial charge in [-0.1, -0.05) is 12.1 Å². The van der Waals surface area contributed by atoms with Crippen molar-refractivity contribution >= 4 is 16.9 Å². The summed E-state index contributed by atoms with van der Waals surface area (Å²) < 4.78 is 34.5. The zero-order valence-electron chi connectivity index (χ0n) is 14.4. The normalized spacial score (nSPS) is 12.6. The van der Waals surface area contributed by atoms with E-state index in [0.29, 0.717) is 11.0 Å². The lowest BCUT2D eigenvalue weighted by Gasteiger charge is -2.19. The minimum atomic E-state index is -2.96. The van der Waals surface area contributed by atoms with Gasteiger partial charge in [0, 0.05) is 12.5 Å². The number of anilines is 1. The monoisotopic (exact) mass is 347 g/mol. The average molecular weight is 347 g/mol. The SMILES string of the molecule is CC(F)(F)c1cccc(Oc2nn(C(C)(C)C)c3ncnc(N)c23)c1. The van der Waals surface area contributed by atoms with E-state index >= 15 is 0 Å². The average Bonchev–Trinajstić information content (AvgIpc) is 2.87. The predicted molar refractivity (Wildman–Crippen MR) is 90.8 cm³/mol. The molecule has 0 atom stereocenters. The maximum absolute atomic E-state index is 13.5. The number of rotatable bonds is 3. The Kier molecular flexibility index (Phi) is 3.85. The number of hydrogen-bond donors (Lipinski definition) is 1. The molecule has 2 heterocycles. The molecular weight excluding hydrogens is 328 g/mol. The molecular formula is C17H19F2N5O. The molecule has 8 heteroatoms. The number of aromatic nitrogens is 4. The molecule has 25 heavy (non-hydrogen) atoms. The number of nitrogens with zero attached hydrogens (tertiary/aromatic N) is 4. The van der Waals surface area contributed by atoms with Gasteiger partial charge in [-0.25, -0.2) is 23.4 Å². The van der Waals surface area contributed by atoms with Crippen molar-refractivity contribution in [2.75, 3.05) is 5.73 Å². The second-order valence-corrected chi connectivity index (χ2v) is 6.86. The highest BCUT2D eigenvalue weighted by atomic mass is 19.3. The number of nitrogens with two attached hydrogens (primary N) is 1. The minimum Gasteiger partial charge on any atom is -0.437 e. The van der Waals surface area contributed by atoms with E-state index < -0.39 is 5.92 Å². The van der Waals surface area contributed by atoms with Crippen molar-refractivity contribution in [3.05, 3.63) is 36.2 Å². The van der Waals surface area contributed by atoms with E-state index in [-0.39, 0.29) is 28.5 Å². The molecule has 0 amide bonds. The second-order valence-electron chi connectivity index (χ2n) is 6.86. The summed E-state index contributed by atoms with van der Waals surface area (Å²) in [5, 5.41) is 4.88. The van der Waals surface area contributed by atoms with E-state index in [0.717, 1.165) is 6.92 Å². The fourth-order valence-corrected chi connectivity index (χ4v) is 2.43. The summed E-state index contributed by atoms with van der Waals surface area (Å²) in [5.41, 5.74) is 5.96. The number of alkyl halides is 2. The van der Waals surface area contributed by atoms with Gasteiger partial charge in [0.2, 0.25) is 0 Å². The highest BCUT2D eigenvalue weighted by Crippen LogP contribution is 2.35. The van der Waals surface area contributed by atoms with Crippen LogP contribution >= 0.6 is 0 Å². The third-order valence-electron chi connectivity index (χ3n) is 3.65. The van der Waals surface area contributed by atoms with Crippen LogP contribution in [0.2, 0.25) is 0 Å². The van der Waals surface area contributed by atoms with Crippen LogP contribution in [-0.4, -0.2) is 19.7 Å². The smallest absolute Gasteiger partial charge is 0.270 e. The van der Waals surface area contributed by atoms with Gasteiger partial charge in [0.05, 0.1) is 5.54 Å². The van der Waals surface area contributed by atoms with Gasteiger partial charge < -0.3 is 10.5 Å². The molecule has 0 fully saturated rings. The van der Waals surface area contributed by atoms with Crippen LogP contribution in [0, 0.1) is 0 Å². The summed E-state index contributed by atoms with van der Waals surface area (Å²) in [6, 6.07) is 5.71. The molecule has 0 spiro atoms. The van der Waals surface area contributed by atoms with Crippen LogP contribution in [0.3, 0.4) is 0 Å². The molecule has 0 aliphatic rings. The van der Waals surface area contributed by atoms with Gasteiger partial charge in [-0.2, -0.15) is 0 Å². The fraction of sp³-hybridized carbons (Fsp3) is 0.353. The molecule has 0 unspecified atom stereocenters. The van der Waals surface area contributed by atoms with Gasteiger partial charge in [0.25, 0.3) is 11.8 Å². The quantitative estimate of drug-likeness (QED) is 0.773. The Bertz CT molecular complexity index is 925. The summed E-state index contributed by atoms with van der Waals surface area (Å²) in [6.07, 6.45) is 1.35. The van der Waals surface area contributed by atoms with Gasteiger partial charge in [-0.3, -0.25) is 0 Å². The van der Waals surface area contributed by atoms with Crippen LogP contribution in [0.4, 0.5) is 14.6 Å². The molecule has 2 aromatic heterocycles. The van der Waals surface area contributed by atoms with Crippen molar-refractivity contribution < 1.29 is 13.5 Å². The summed E-state index contributed by atoms with van der Waals surface area (Å²) in [7, 11) is 0. The van der Waals surface area contributed by atoms with Crippen molar-refractivity contribution in [3.63, 3.8) is 0 Å². The molecule has 0 bridgehead atoms. The summed E-state index contributed by atoms with van der Waals surface area (Å²) >= 11 is 0. The van der Waals surface area contributed by atoms with E-state index in [1.54, 1.807) is 10.7 Å². The van der Waals surface area contributed by atoms with E-state index in [2.05, 4.69) is 15.1 Å². The van der Waals surface area contributed by atoms with Gasteiger partial charge in [-0.15, -0.1) is 5.10 Å². The molecule has 0 radical (unpaired) electrons. The summed E-state index contributed by atoms with van der Waals surface area (Å²) in [4.78, 5) is 8.21. The molecule has 2 N–H and O–H groups in total. The van der Waals surface area contributed by atoms with E-state index in [9.17, 15) is 8.78 Å². The lowest BCUT2D eigenvalue weighted by molar-refractivity contribution is 0.0173. The summed E-state index contributed by atoms with van der Waals surface area (Å²) in [6.45, 7) is 6.71. The van der Waals surface area contributed by atoms with Crippen LogP contribution in [0.1, 0.15) is 33.3 Å². The van der Waals surface area contributed by atoms with Crippen LogP contribution in [0.5, 0.6) is 11.6 Å². The third-order valence-corrected chi connectivity index (χ3v) is 3.65. The maximum Gasteiger partial charge on any atom is 0.270 e. The molecule has 0 aliphatic heterocycles. The van der Waals surface area contributed by atoms with Gasteiger partial charge >= 0.3 is 0 Å². The fourth-order valence-electron chi connectivity index (χ4n) is 2.43. The first kappa shape index (κ1) is 17.1. The molecule has 132 valence electrons. The molecule has 0 saturated heterocycles. The van der Waals surface area contributed by atoms with E-state index in [1.165, 1.54) is 24.5 Å². The first-order valence-electron chi connectivity index (χ1n) is 7.73. The van der Waals surface area contributed by atoms with Crippen molar-refractivity contribution in [2.45, 2.75) is 39.2 Å². The largest absolute Gasteiger partial charge is 0.437 e. The van der Waals surface area contributed by atoms with Crippen LogP contribution in [0.25, 0.3) is 11.0 Å². The Hall–Kier alpha value is -2.77. The lowest BCUT2D eigenvalue weighted by atomic mass is 10.1. The Morgan fingerprint density at radius 1 is 1.12 bits per heavy atom. The Labute approximate surface area is 143 Å². The number of halogens is 2. The zero-order chi connectivity index (χ0) is 18.4. The third kappa shape index (κ3) is 3.24. The number of benzene rings is 1. The standard InChI is InChI=1S/C17H19F2N5O/c1-16(2,3)24-14-12(13(20)21-9-22-14)15(23-24)25-11-7-5-6-10(8-11)17(4,18)19/h5-9H,1-4H3,(H2,20,21,22). The van der Waals surface area contributed by atoms with Crippen molar-refractivity contribution in [1.29, 1.82) is 0 Å². The molecule has 0 aliphatic carbocycles. The second kappa shape index (κ2) is 5.65. The van der Waals surface area contributed by atoms with E-state index in [4.69, 9.17) is 10.5 Å². The van der Waals surface area contributed by atoms with Gasteiger partial charge in [0.1, 0.15) is 23.3 Å². The van der Waals surface area contributed by atoms with Gasteiger partial charge in [-0.05, 0) is 32.9 Å². The maximum atomic E-state index is 13.5. The van der Waals surface area contributed by atoms with Crippen LogP contribution < -0.4 is 10.5 Å². The van der Waals surface area contributed by atoms with Crippen molar-refractivity contribution in [1.82, 2.24) is 19.7 Å². The van der Waals surface area contributed by atoms with Crippen LogP contribution in [-0.2, 0) is 11.5 Å². The molecule has 1 aromatic carbocycles. The van der Waals surface area contributed by atoms with E-state index in [1.807, 2.05) is 20.8 Å². The molecule has 3 aromatic rings. The molecule has 3 rings (SSSR count). The molecule has 0 saturated carbocycles. The first-order valence-corrected chi connectivity index (χ1v) is 7.73. The number of ether oxygens (including phenoxy) is 1. The lowest BCUT2D eigenvalue weighted by Crippen LogP contribution is -2.23. The first-order chi connectivity index (χ1) is 11.6. The van der Waals surface area contributed by atoms with Crippen molar-refractivity contribution in [2.24, 2.45) is 0 Å². The Morgan fingerprint density at radius 3 is 2.48 bits per heavy atom. The minimum absolute atomic E-state index is 0.145. The van der Waals surface area contributed by atoms with Crippen LogP contribution in [0.15, 0.2) is 30.6 Å². The predicted octanol–water partition coefficient (Wildman–Crippen LogP) is 4.07. The van der Waals surface area contributed by atoms with Gasteiger partial charge in [0.15, 0.2) is 5.65 Å². The topological polar surface area (TPSA) is 78.8 Å². The number of nitrogen functional groups attached to an aromatic ring is 1. The Balaban J connectivity index is 2.11. The number of fused-ring (bicyclic) bond motifs is 1. The number of hydrogen-bond acceptors (Lipinski definition) is 5. The summed E-state index contributed by atoms with van der Waals surface area (Å²) in [5.74, 6) is -2.33. The van der Waals surface area contributed by atoms with Crippen molar-refractivity contribution in [3.8, 4) is 11.6 Å². The highest BCUT2D eigenvalue weighted by Gasteiger charge is 2.26. The highest BCUT2D eigenvalue weighted by molar-refractivity contribution is 5.91. The zero-order valence-corrected chi connectivity index (χ0v) is 14.4. The molecule has 6 nitrogen and oxygen atoms in total. The Morgan fingerprint density at radius 2 is 1.84 bits per heavy atom.